The van der Waals surface area contributed by atoms with Crippen molar-refractivity contribution >= 4 is 11.9 Å². The second kappa shape index (κ2) is 7.28. The summed E-state index contributed by atoms with van der Waals surface area (Å²) in [6.07, 6.45) is 1.65. The molecule has 0 atom stereocenters. The predicted octanol–water partition coefficient (Wildman–Crippen LogP) is 3.27. The van der Waals surface area contributed by atoms with E-state index in [9.17, 15) is 4.79 Å². The van der Waals surface area contributed by atoms with Gasteiger partial charge in [-0.15, -0.1) is 0 Å². The molecule has 0 aromatic carbocycles. The average molecular weight is 335 g/mol. The number of amides is 1. The van der Waals surface area contributed by atoms with Crippen LogP contribution in [0.2, 0.25) is 0 Å². The molecule has 0 N–H and O–H groups in total. The molecule has 6 heteroatoms. The summed E-state index contributed by atoms with van der Waals surface area (Å²) >= 11 is 0. The van der Waals surface area contributed by atoms with Gasteiger partial charge in [0.05, 0.1) is 7.11 Å². The van der Waals surface area contributed by atoms with Crippen LogP contribution in [0.1, 0.15) is 46.1 Å². The molecule has 1 fully saturated rings. The molecule has 134 valence electrons. The summed E-state index contributed by atoms with van der Waals surface area (Å²) in [4.78, 5) is 20.6. The molecule has 1 amide bonds. The lowest BCUT2D eigenvalue weighted by atomic mass is 10.1. The number of carbonyl (C=O) groups is 1. The van der Waals surface area contributed by atoms with Crippen LogP contribution in [0.5, 0.6) is 5.75 Å². The summed E-state index contributed by atoms with van der Waals surface area (Å²) in [5, 5.41) is 0. The maximum absolute atomic E-state index is 12.1. The summed E-state index contributed by atoms with van der Waals surface area (Å²) in [6, 6.07) is 2.05. The molecular formula is C18H29N3O3. The first-order chi connectivity index (χ1) is 11.2. The normalized spacial score (nSPS) is 15.6. The Balaban J connectivity index is 2.03. The highest BCUT2D eigenvalue weighted by Gasteiger charge is 2.27. The Bertz CT molecular complexity index is 573. The van der Waals surface area contributed by atoms with Crippen molar-refractivity contribution < 1.29 is 14.3 Å². The Morgan fingerprint density at radius 1 is 1.21 bits per heavy atom. The van der Waals surface area contributed by atoms with Gasteiger partial charge >= 0.3 is 6.09 Å². The van der Waals surface area contributed by atoms with Gasteiger partial charge in [0.2, 0.25) is 0 Å². The van der Waals surface area contributed by atoms with Crippen LogP contribution in [0.3, 0.4) is 0 Å². The minimum atomic E-state index is -0.467. The molecule has 1 saturated heterocycles. The highest BCUT2D eigenvalue weighted by molar-refractivity contribution is 5.68. The zero-order chi connectivity index (χ0) is 17.9. The van der Waals surface area contributed by atoms with E-state index in [-0.39, 0.29) is 6.09 Å². The summed E-state index contributed by atoms with van der Waals surface area (Å²) in [5.74, 6) is 2.03. The van der Waals surface area contributed by atoms with Gasteiger partial charge in [-0.25, -0.2) is 9.78 Å². The second-order valence-corrected chi connectivity index (χ2v) is 7.40. The third-order valence-electron chi connectivity index (χ3n) is 3.97. The van der Waals surface area contributed by atoms with Crippen molar-refractivity contribution in [1.29, 1.82) is 0 Å². The first-order valence-corrected chi connectivity index (χ1v) is 8.48. The molecule has 0 aliphatic carbocycles. The number of aromatic nitrogens is 1. The van der Waals surface area contributed by atoms with Gasteiger partial charge in [0, 0.05) is 32.4 Å². The first kappa shape index (κ1) is 18.4. The summed E-state index contributed by atoms with van der Waals surface area (Å²) < 4.78 is 11.0. The van der Waals surface area contributed by atoms with Crippen LogP contribution in [0, 0.1) is 0 Å². The van der Waals surface area contributed by atoms with Gasteiger partial charge in [-0.05, 0) is 38.3 Å². The van der Waals surface area contributed by atoms with Crippen molar-refractivity contribution in [2.45, 2.75) is 46.1 Å². The van der Waals surface area contributed by atoms with Gasteiger partial charge in [-0.2, -0.15) is 0 Å². The van der Waals surface area contributed by atoms with E-state index in [1.165, 1.54) is 0 Å². The largest absolute Gasteiger partial charge is 0.493 e. The van der Waals surface area contributed by atoms with E-state index < -0.39 is 5.60 Å². The standard InChI is InChI=1S/C18H29N3O3/c1-13(2)14-11-15(23-6)16(19-12-14)20-7-9-21(10-8-20)17(22)24-18(3,4)5/h11-13H,7-10H2,1-6H3. The molecule has 24 heavy (non-hydrogen) atoms. The number of carbonyl (C=O) groups excluding carboxylic acids is 1. The molecular weight excluding hydrogens is 306 g/mol. The van der Waals surface area contributed by atoms with Crippen LogP contribution in [-0.2, 0) is 4.74 Å². The van der Waals surface area contributed by atoms with Crippen molar-refractivity contribution in [2.24, 2.45) is 0 Å². The van der Waals surface area contributed by atoms with Crippen molar-refractivity contribution in [3.8, 4) is 5.75 Å². The van der Waals surface area contributed by atoms with Crippen LogP contribution in [0.4, 0.5) is 10.6 Å². The third-order valence-corrected chi connectivity index (χ3v) is 3.97. The van der Waals surface area contributed by atoms with Gasteiger partial charge in [-0.1, -0.05) is 13.8 Å². The van der Waals surface area contributed by atoms with Crippen LogP contribution < -0.4 is 9.64 Å². The molecule has 1 aliphatic rings. The van der Waals surface area contributed by atoms with Crippen molar-refractivity contribution in [2.75, 3.05) is 38.2 Å². The van der Waals surface area contributed by atoms with Crippen LogP contribution in [0.25, 0.3) is 0 Å². The van der Waals surface area contributed by atoms with E-state index in [4.69, 9.17) is 9.47 Å². The third kappa shape index (κ3) is 4.52. The number of pyridine rings is 1. The molecule has 1 aromatic rings. The molecule has 0 saturated carbocycles. The molecule has 0 bridgehead atoms. The highest BCUT2D eigenvalue weighted by Crippen LogP contribution is 2.30. The number of rotatable bonds is 3. The Hall–Kier alpha value is -1.98. The minimum Gasteiger partial charge on any atom is -0.493 e. The molecule has 0 unspecified atom stereocenters. The lowest BCUT2D eigenvalue weighted by molar-refractivity contribution is 0.0240. The maximum atomic E-state index is 12.1. The van der Waals surface area contributed by atoms with E-state index in [2.05, 4.69) is 23.7 Å². The Kier molecular flexibility index (Phi) is 5.57. The average Bonchev–Trinajstić information content (AvgIpc) is 2.52. The van der Waals surface area contributed by atoms with Crippen molar-refractivity contribution in [3.63, 3.8) is 0 Å². The fourth-order valence-electron chi connectivity index (χ4n) is 2.58. The number of methoxy groups -OCH3 is 1. The molecule has 1 aromatic heterocycles. The summed E-state index contributed by atoms with van der Waals surface area (Å²) in [5.41, 5.74) is 0.689. The predicted molar refractivity (Wildman–Crippen MR) is 94.9 cm³/mol. The highest BCUT2D eigenvalue weighted by atomic mass is 16.6. The molecule has 2 heterocycles. The zero-order valence-electron chi connectivity index (χ0n) is 15.6. The number of ether oxygens (including phenoxy) is 2. The van der Waals surface area contributed by atoms with Crippen LogP contribution >= 0.6 is 0 Å². The van der Waals surface area contributed by atoms with E-state index in [1.54, 1.807) is 12.0 Å². The van der Waals surface area contributed by atoms with E-state index >= 15 is 0 Å². The van der Waals surface area contributed by atoms with Crippen LogP contribution in [0.15, 0.2) is 12.3 Å². The number of nitrogens with zero attached hydrogens (tertiary/aromatic N) is 3. The zero-order valence-corrected chi connectivity index (χ0v) is 15.6. The van der Waals surface area contributed by atoms with Crippen LogP contribution in [-0.4, -0.2) is 54.9 Å². The van der Waals surface area contributed by atoms with Crippen molar-refractivity contribution in [3.05, 3.63) is 17.8 Å². The molecule has 1 aliphatic heterocycles. The number of hydrogen-bond donors (Lipinski definition) is 0. The monoisotopic (exact) mass is 335 g/mol. The van der Waals surface area contributed by atoms with Gasteiger partial charge in [0.15, 0.2) is 11.6 Å². The fraction of sp³-hybridized carbons (Fsp3) is 0.667. The molecule has 0 radical (unpaired) electrons. The molecule has 2 rings (SSSR count). The Morgan fingerprint density at radius 2 is 1.83 bits per heavy atom. The minimum absolute atomic E-state index is 0.253. The lowest BCUT2D eigenvalue weighted by Gasteiger charge is -2.36. The molecule has 0 spiro atoms. The second-order valence-electron chi connectivity index (χ2n) is 7.40. The van der Waals surface area contributed by atoms with Gasteiger partial charge in [-0.3, -0.25) is 0 Å². The molecule has 6 nitrogen and oxygen atoms in total. The quantitative estimate of drug-likeness (QED) is 0.848. The van der Waals surface area contributed by atoms with E-state index in [0.29, 0.717) is 32.1 Å². The van der Waals surface area contributed by atoms with Gasteiger partial charge in [0.1, 0.15) is 5.60 Å². The summed E-state index contributed by atoms with van der Waals surface area (Å²) in [7, 11) is 1.67. The van der Waals surface area contributed by atoms with Crippen molar-refractivity contribution in [1.82, 2.24) is 9.88 Å². The summed E-state index contributed by atoms with van der Waals surface area (Å²) in [6.45, 7) is 12.6. The lowest BCUT2D eigenvalue weighted by Crippen LogP contribution is -2.50. The number of piperazine rings is 1. The Morgan fingerprint density at radius 3 is 2.33 bits per heavy atom. The van der Waals surface area contributed by atoms with Gasteiger partial charge in [0.25, 0.3) is 0 Å². The fourth-order valence-corrected chi connectivity index (χ4v) is 2.58. The number of hydrogen-bond acceptors (Lipinski definition) is 5. The topological polar surface area (TPSA) is 54.9 Å². The van der Waals surface area contributed by atoms with Gasteiger partial charge < -0.3 is 19.3 Å². The maximum Gasteiger partial charge on any atom is 0.410 e. The van der Waals surface area contributed by atoms with E-state index in [0.717, 1.165) is 17.1 Å². The number of anilines is 1. The smallest absolute Gasteiger partial charge is 0.410 e. The Labute approximate surface area is 144 Å². The first-order valence-electron chi connectivity index (χ1n) is 8.48. The van der Waals surface area contributed by atoms with E-state index in [1.807, 2.05) is 33.0 Å². The SMILES string of the molecule is COc1cc(C(C)C)cnc1N1CCN(C(=O)OC(C)(C)C)CC1.